The molecule has 0 fully saturated rings. The largest absolute Gasteiger partial charge is 0.508 e. The third-order valence-electron chi connectivity index (χ3n) is 12.8. The normalized spacial score (nSPS) is 14.9. The molecule has 21 heteroatoms. The molecule has 9 aromatic heterocycles. The van der Waals surface area contributed by atoms with Gasteiger partial charge in [-0.2, -0.15) is 0 Å². The third kappa shape index (κ3) is 10.1. The van der Waals surface area contributed by atoms with Crippen LogP contribution >= 0.6 is 0 Å². The van der Waals surface area contributed by atoms with Gasteiger partial charge in [-0.1, -0.05) is 58.2 Å². The minimum absolute atomic E-state index is 0. The van der Waals surface area contributed by atoms with Crippen molar-refractivity contribution in [2.45, 2.75) is 38.5 Å². The summed E-state index contributed by atoms with van der Waals surface area (Å²) in [7, 11) is 0. The first-order valence-corrected chi connectivity index (χ1v) is 23.3. The maximum Gasteiger partial charge on any atom is 0.112 e. The van der Waals surface area contributed by atoms with Gasteiger partial charge in [0.05, 0.1) is 0 Å². The van der Waals surface area contributed by atoms with Crippen molar-refractivity contribution in [3.8, 4) is 0 Å². The van der Waals surface area contributed by atoms with E-state index in [0.29, 0.717) is 11.6 Å². The van der Waals surface area contributed by atoms with Crippen LogP contribution in [0.2, 0.25) is 0 Å². The monoisotopic (exact) mass is 1520 g/mol. The van der Waals surface area contributed by atoms with Crippen LogP contribution in [0.15, 0.2) is 129 Å². The molecule has 0 aromatic carbocycles. The Labute approximate surface area is 473 Å². The van der Waals surface area contributed by atoms with Crippen molar-refractivity contribution in [2.75, 3.05) is 29.4 Å². The van der Waals surface area contributed by atoms with Gasteiger partial charge in [-0.15, -0.1) is 38.5 Å². The number of pyridine rings is 6. The fraction of sp³-hybridized carbons (Fsp3) is 0.111. The van der Waals surface area contributed by atoms with Crippen LogP contribution < -0.4 is 29.4 Å². The first-order chi connectivity index (χ1) is 35.7. The van der Waals surface area contributed by atoms with E-state index in [-0.39, 0.29) is 59.4 Å². The zero-order valence-corrected chi connectivity index (χ0v) is 47.1. The van der Waals surface area contributed by atoms with E-state index in [2.05, 4.69) is 129 Å². The molecule has 0 aliphatic carbocycles. The molecule has 75 heavy (non-hydrogen) atoms. The Hall–Kier alpha value is -7.15. The Morgan fingerprint density at radius 2 is 0.627 bits per heavy atom. The van der Waals surface area contributed by atoms with Crippen LogP contribution in [-0.2, 0) is 97.9 Å². The van der Waals surface area contributed by atoms with Crippen LogP contribution in [0.1, 0.15) is 33.4 Å². The Kier molecular flexibility index (Phi) is 15.6. The first kappa shape index (κ1) is 51.3. The van der Waals surface area contributed by atoms with Gasteiger partial charge in [0, 0.05) is 144 Å². The molecule has 0 saturated carbocycles. The Morgan fingerprint density at radius 3 is 1.04 bits per heavy atom. The molecule has 0 N–H and O–H groups in total. The standard InChI is InChI=1S/3C18H13N6.3Os/c1-5-19-10-13-3-7-23(15(1)13)17-9-18(22-12-21-17)24-8-4-14-11-20-6-2-16(14)24;1-5-19-10-15-13(1)3-7-23(15)17-9-18(22-12-21-17)24-8-4-14-2-6-20-11-16(14)24;1-3-13-5-9-23(17(13)19-7-1)15-11-16(22-12-21-15)24-10-6-14-4-2-8-20-18(14)24;;;/h2*1-2,5-8,10-12H,3-4H2;1-4,7-10,12H,5-6H2;;;/q3*-3;;;. The summed E-state index contributed by atoms with van der Waals surface area (Å²) in [6.07, 6.45) is 28.1. The molecule has 18 nitrogen and oxygen atoms in total. The van der Waals surface area contributed by atoms with E-state index in [1.165, 1.54) is 33.4 Å². The van der Waals surface area contributed by atoms with Crippen molar-refractivity contribution >= 4 is 69.3 Å². The van der Waals surface area contributed by atoms with Gasteiger partial charge >= 0.3 is 0 Å². The molecule has 0 saturated heterocycles. The van der Waals surface area contributed by atoms with Crippen LogP contribution in [0, 0.1) is 57.5 Å². The minimum Gasteiger partial charge on any atom is -0.508 e. The van der Waals surface area contributed by atoms with Crippen molar-refractivity contribution in [3.63, 3.8) is 0 Å². The molecular weight excluding hydrogens is 1470 g/mol. The van der Waals surface area contributed by atoms with Gasteiger partial charge in [-0.05, 0) is 58.7 Å². The van der Waals surface area contributed by atoms with E-state index in [0.717, 1.165) is 96.2 Å². The quantitative estimate of drug-likeness (QED) is 0.145. The molecule has 0 spiro atoms. The summed E-state index contributed by atoms with van der Waals surface area (Å²) in [5.74, 6) is 6.10. The van der Waals surface area contributed by atoms with Crippen LogP contribution in [0.3, 0.4) is 0 Å². The van der Waals surface area contributed by atoms with Crippen molar-refractivity contribution in [1.29, 1.82) is 0 Å². The van der Waals surface area contributed by atoms with Gasteiger partial charge < -0.3 is 47.6 Å². The molecule has 15 heterocycles. The van der Waals surface area contributed by atoms with Gasteiger partial charge in [0.2, 0.25) is 0 Å². The van der Waals surface area contributed by atoms with E-state index < -0.39 is 0 Å². The second-order valence-electron chi connectivity index (χ2n) is 17.0. The van der Waals surface area contributed by atoms with Crippen molar-refractivity contribution in [3.05, 3.63) is 220 Å². The number of fused-ring (bicyclic) bond motifs is 6. The first-order valence-electron chi connectivity index (χ1n) is 23.3. The van der Waals surface area contributed by atoms with Crippen molar-refractivity contribution < 1.29 is 59.4 Å². The number of hydrogen-bond donors (Lipinski definition) is 0. The molecule has 0 radical (unpaired) electrons. The minimum atomic E-state index is 0. The number of rotatable bonds is 6. The van der Waals surface area contributed by atoms with Gasteiger partial charge in [0.25, 0.3) is 0 Å². The van der Waals surface area contributed by atoms with Crippen LogP contribution in [-0.4, -0.2) is 59.8 Å². The predicted molar refractivity (Wildman–Crippen MR) is 269 cm³/mol. The van der Waals surface area contributed by atoms with Crippen LogP contribution in [0.4, 0.5) is 69.3 Å². The Morgan fingerprint density at radius 1 is 0.307 bits per heavy atom. The summed E-state index contributed by atoms with van der Waals surface area (Å²) in [5, 5.41) is 0. The van der Waals surface area contributed by atoms with E-state index in [4.69, 9.17) is 0 Å². The maximum atomic E-state index is 4.46. The zero-order valence-electron chi connectivity index (χ0n) is 39.4. The van der Waals surface area contributed by atoms with Gasteiger partial charge in [-0.3, -0.25) is 49.8 Å². The SMILES string of the molecule is [Os].[Os].[Os].[c-]1c(N2[CH-]Cc3cccnc32)ncnc1N1[CH-]Cc2cccnc21.[c-]1c(N2[CH-]Cc3ccncc32)ncnc1N1[CH-]Cc2ccncc21.[c-]1c(N2[CH-]Cc3cnccc32)ncnc1N1[CH-]Cc2cnccc21. The summed E-state index contributed by atoms with van der Waals surface area (Å²) in [6.45, 7) is 12.5. The molecule has 0 amide bonds. The van der Waals surface area contributed by atoms with Crippen LogP contribution in [0.5, 0.6) is 0 Å². The topological polar surface area (TPSA) is 174 Å². The van der Waals surface area contributed by atoms with E-state index in [9.17, 15) is 0 Å². The molecule has 6 aliphatic rings. The smallest absolute Gasteiger partial charge is 0.112 e. The van der Waals surface area contributed by atoms with Gasteiger partial charge in [0.1, 0.15) is 30.6 Å². The van der Waals surface area contributed by atoms with E-state index in [1.54, 1.807) is 43.8 Å². The summed E-state index contributed by atoms with van der Waals surface area (Å²) in [5.41, 5.74) is 11.5. The molecular formula is C54H39N18Os3-9. The molecule has 15 rings (SSSR count). The number of hydrogen-bond acceptors (Lipinski definition) is 18. The fourth-order valence-electron chi connectivity index (χ4n) is 9.37. The third-order valence-corrected chi connectivity index (χ3v) is 12.8. The Balaban J connectivity index is 0.000000126. The average molecular weight is 1510 g/mol. The summed E-state index contributed by atoms with van der Waals surface area (Å²) >= 11 is 0. The fourth-order valence-corrected chi connectivity index (χ4v) is 9.37. The summed E-state index contributed by atoms with van der Waals surface area (Å²) in [4.78, 5) is 64.1. The number of nitrogens with zero attached hydrogens (tertiary/aromatic N) is 18. The second-order valence-corrected chi connectivity index (χ2v) is 17.0. The molecule has 378 valence electrons. The molecule has 0 bridgehead atoms. The Bertz CT molecular complexity index is 2890. The van der Waals surface area contributed by atoms with E-state index in [1.807, 2.05) is 103 Å². The van der Waals surface area contributed by atoms with Gasteiger partial charge in [0.15, 0.2) is 0 Å². The second kappa shape index (κ2) is 22.8. The average Bonchev–Trinajstić information content (AvgIpc) is 4.33. The number of aromatic nitrogens is 12. The van der Waals surface area contributed by atoms with Crippen molar-refractivity contribution in [2.24, 2.45) is 0 Å². The summed E-state index contributed by atoms with van der Waals surface area (Å²) in [6, 6.07) is 26.1. The van der Waals surface area contributed by atoms with Crippen LogP contribution in [0.25, 0.3) is 0 Å². The predicted octanol–water partition coefficient (Wildman–Crippen LogP) is 8.33. The van der Waals surface area contributed by atoms with Gasteiger partial charge in [-0.25, -0.2) is 49.2 Å². The molecule has 6 aliphatic heterocycles. The van der Waals surface area contributed by atoms with E-state index >= 15 is 0 Å². The number of anilines is 12. The molecule has 0 unspecified atom stereocenters. The maximum absolute atomic E-state index is 4.46. The molecule has 0 atom stereocenters. The summed E-state index contributed by atoms with van der Waals surface area (Å²) < 4.78 is 0. The zero-order chi connectivity index (χ0) is 47.8. The molecule has 9 aromatic rings. The van der Waals surface area contributed by atoms with Crippen molar-refractivity contribution in [1.82, 2.24) is 59.8 Å².